The highest BCUT2D eigenvalue weighted by atomic mass is 32.2. The number of pyridine rings is 1. The molecule has 6 nitrogen and oxygen atoms in total. The molecular weight excluding hydrogens is 362 g/mol. The first kappa shape index (κ1) is 17.1. The van der Waals surface area contributed by atoms with Crippen molar-refractivity contribution in [3.63, 3.8) is 0 Å². The molecule has 0 aliphatic rings. The maximum absolute atomic E-state index is 12.7. The Bertz CT molecular complexity index is 1170. The molecule has 4 aromatic rings. The van der Waals surface area contributed by atoms with Crippen molar-refractivity contribution in [2.45, 2.75) is 4.90 Å². The van der Waals surface area contributed by atoms with E-state index in [0.717, 1.165) is 16.9 Å². The van der Waals surface area contributed by atoms with E-state index in [9.17, 15) is 8.42 Å². The topological polar surface area (TPSA) is 72.7 Å². The SMILES string of the molecule is COc1ccc(-c2cn3ccccc3n2)cc1NS(=O)(=O)c1ccccc1. The number of fused-ring (bicyclic) bond motifs is 1. The van der Waals surface area contributed by atoms with Gasteiger partial charge in [-0.25, -0.2) is 13.4 Å². The van der Waals surface area contributed by atoms with Gasteiger partial charge in [-0.1, -0.05) is 24.3 Å². The number of sulfonamides is 1. The Balaban J connectivity index is 1.75. The monoisotopic (exact) mass is 379 g/mol. The second-order valence-electron chi connectivity index (χ2n) is 5.93. The van der Waals surface area contributed by atoms with Gasteiger partial charge in [0.1, 0.15) is 11.4 Å². The number of nitrogens with one attached hydrogen (secondary N) is 1. The van der Waals surface area contributed by atoms with Crippen molar-refractivity contribution in [3.8, 4) is 17.0 Å². The van der Waals surface area contributed by atoms with Gasteiger partial charge in [-0.3, -0.25) is 4.72 Å². The molecule has 27 heavy (non-hydrogen) atoms. The number of ether oxygens (including phenoxy) is 1. The first-order valence-corrected chi connectivity index (χ1v) is 9.75. The molecule has 7 heteroatoms. The van der Waals surface area contributed by atoms with Crippen LogP contribution < -0.4 is 9.46 Å². The van der Waals surface area contributed by atoms with Gasteiger partial charge < -0.3 is 9.14 Å². The Labute approximate surface area is 157 Å². The Morgan fingerprint density at radius 3 is 2.52 bits per heavy atom. The van der Waals surface area contributed by atoms with Crippen molar-refractivity contribution in [2.24, 2.45) is 0 Å². The fraction of sp³-hybridized carbons (Fsp3) is 0.0500. The zero-order valence-electron chi connectivity index (χ0n) is 14.5. The van der Waals surface area contributed by atoms with Crippen molar-refractivity contribution >= 4 is 21.4 Å². The van der Waals surface area contributed by atoms with Crippen molar-refractivity contribution in [3.05, 3.63) is 79.1 Å². The number of hydrogen-bond acceptors (Lipinski definition) is 4. The minimum atomic E-state index is -3.73. The summed E-state index contributed by atoms with van der Waals surface area (Å²) in [5.74, 6) is 0.432. The number of nitrogens with zero attached hydrogens (tertiary/aromatic N) is 2. The molecule has 0 unspecified atom stereocenters. The highest BCUT2D eigenvalue weighted by Crippen LogP contribution is 2.32. The smallest absolute Gasteiger partial charge is 0.262 e. The minimum Gasteiger partial charge on any atom is -0.495 e. The van der Waals surface area contributed by atoms with Crippen LogP contribution in [0.5, 0.6) is 5.75 Å². The van der Waals surface area contributed by atoms with E-state index >= 15 is 0 Å². The Hall–Kier alpha value is -3.32. The van der Waals surface area contributed by atoms with Gasteiger partial charge in [0.2, 0.25) is 0 Å². The average molecular weight is 379 g/mol. The van der Waals surface area contributed by atoms with Gasteiger partial charge in [0.05, 0.1) is 23.4 Å². The van der Waals surface area contributed by atoms with Gasteiger partial charge in [0.15, 0.2) is 0 Å². The predicted octanol–water partition coefficient (Wildman–Crippen LogP) is 3.81. The van der Waals surface area contributed by atoms with Gasteiger partial charge in [0.25, 0.3) is 10.0 Å². The van der Waals surface area contributed by atoms with E-state index in [1.54, 1.807) is 42.5 Å². The first-order valence-electron chi connectivity index (χ1n) is 8.27. The summed E-state index contributed by atoms with van der Waals surface area (Å²) in [6.45, 7) is 0. The summed E-state index contributed by atoms with van der Waals surface area (Å²) < 4.78 is 35.2. The van der Waals surface area contributed by atoms with Crippen molar-refractivity contribution < 1.29 is 13.2 Å². The fourth-order valence-electron chi connectivity index (χ4n) is 2.82. The quantitative estimate of drug-likeness (QED) is 0.572. The summed E-state index contributed by atoms with van der Waals surface area (Å²) in [4.78, 5) is 4.76. The van der Waals surface area contributed by atoms with Crippen LogP contribution in [0.4, 0.5) is 5.69 Å². The van der Waals surface area contributed by atoms with Gasteiger partial charge in [-0.05, 0) is 42.5 Å². The van der Waals surface area contributed by atoms with Crippen LogP contribution in [0.25, 0.3) is 16.9 Å². The molecule has 0 fully saturated rings. The number of imidazole rings is 1. The number of hydrogen-bond donors (Lipinski definition) is 1. The summed E-state index contributed by atoms with van der Waals surface area (Å²) in [6, 6.07) is 19.3. The normalized spacial score (nSPS) is 11.4. The predicted molar refractivity (Wildman–Crippen MR) is 104 cm³/mol. The molecule has 4 rings (SSSR count). The van der Waals surface area contributed by atoms with Crippen LogP contribution >= 0.6 is 0 Å². The van der Waals surface area contributed by atoms with Gasteiger partial charge >= 0.3 is 0 Å². The molecule has 0 saturated heterocycles. The van der Waals surface area contributed by atoms with Gasteiger partial charge in [-0.15, -0.1) is 0 Å². The number of anilines is 1. The minimum absolute atomic E-state index is 0.185. The standard InChI is InChI=1S/C20H17N3O3S/c1-26-19-11-10-15(18-14-23-12-6-5-9-20(23)21-18)13-17(19)22-27(24,25)16-7-3-2-4-8-16/h2-14,22H,1H3. The van der Waals surface area contributed by atoms with E-state index in [2.05, 4.69) is 9.71 Å². The highest BCUT2D eigenvalue weighted by molar-refractivity contribution is 7.92. The molecule has 0 saturated carbocycles. The van der Waals surface area contributed by atoms with E-state index in [1.165, 1.54) is 7.11 Å². The van der Waals surface area contributed by atoms with E-state index in [4.69, 9.17) is 4.74 Å². The Kier molecular flexibility index (Phi) is 4.29. The maximum atomic E-state index is 12.7. The molecule has 0 aliphatic carbocycles. The number of benzene rings is 2. The second-order valence-corrected chi connectivity index (χ2v) is 7.61. The maximum Gasteiger partial charge on any atom is 0.262 e. The first-order chi connectivity index (χ1) is 13.1. The van der Waals surface area contributed by atoms with Crippen molar-refractivity contribution in [2.75, 3.05) is 11.8 Å². The third-order valence-corrected chi connectivity index (χ3v) is 5.54. The van der Waals surface area contributed by atoms with Crippen LogP contribution in [0.3, 0.4) is 0 Å². The number of methoxy groups -OCH3 is 1. The summed E-state index contributed by atoms with van der Waals surface area (Å²) in [7, 11) is -2.22. The van der Waals surface area contributed by atoms with Crippen LogP contribution in [0.15, 0.2) is 84.0 Å². The molecule has 2 heterocycles. The third kappa shape index (κ3) is 3.37. The van der Waals surface area contributed by atoms with Crippen molar-refractivity contribution in [1.29, 1.82) is 0 Å². The zero-order valence-corrected chi connectivity index (χ0v) is 15.3. The number of rotatable bonds is 5. The summed E-state index contributed by atoms with van der Waals surface area (Å²) in [5.41, 5.74) is 2.69. The van der Waals surface area contributed by atoms with Gasteiger partial charge in [0, 0.05) is 18.0 Å². The molecule has 2 aromatic heterocycles. The molecule has 0 radical (unpaired) electrons. The highest BCUT2D eigenvalue weighted by Gasteiger charge is 2.17. The molecule has 0 amide bonds. The Morgan fingerprint density at radius 1 is 1.00 bits per heavy atom. The largest absolute Gasteiger partial charge is 0.495 e. The molecular formula is C20H17N3O3S. The third-order valence-electron chi connectivity index (χ3n) is 4.16. The lowest BCUT2D eigenvalue weighted by Crippen LogP contribution is -2.13. The van der Waals surface area contributed by atoms with E-state index < -0.39 is 10.0 Å². The second kappa shape index (κ2) is 6.77. The molecule has 0 aliphatic heterocycles. The van der Waals surface area contributed by atoms with E-state index in [1.807, 2.05) is 41.1 Å². The van der Waals surface area contributed by atoms with E-state index in [0.29, 0.717) is 11.4 Å². The van der Waals surface area contributed by atoms with Crippen molar-refractivity contribution in [1.82, 2.24) is 9.38 Å². The molecule has 0 bridgehead atoms. The fourth-order valence-corrected chi connectivity index (χ4v) is 3.91. The van der Waals surface area contributed by atoms with Crippen LogP contribution in [0.2, 0.25) is 0 Å². The lowest BCUT2D eigenvalue weighted by atomic mass is 10.1. The van der Waals surface area contributed by atoms with Gasteiger partial charge in [-0.2, -0.15) is 0 Å². The number of aromatic nitrogens is 2. The molecule has 2 aromatic carbocycles. The molecule has 136 valence electrons. The lowest BCUT2D eigenvalue weighted by Gasteiger charge is -2.13. The summed E-state index contributed by atoms with van der Waals surface area (Å²) in [5, 5.41) is 0. The zero-order chi connectivity index (χ0) is 18.9. The summed E-state index contributed by atoms with van der Waals surface area (Å²) in [6.07, 6.45) is 3.81. The Morgan fingerprint density at radius 2 is 1.78 bits per heavy atom. The molecule has 1 N–H and O–H groups in total. The van der Waals surface area contributed by atoms with Crippen LogP contribution in [-0.2, 0) is 10.0 Å². The summed E-state index contributed by atoms with van der Waals surface area (Å²) >= 11 is 0. The molecule has 0 atom stereocenters. The van der Waals surface area contributed by atoms with Crippen LogP contribution in [0, 0.1) is 0 Å². The van der Waals surface area contributed by atoms with E-state index in [-0.39, 0.29) is 4.90 Å². The average Bonchev–Trinajstić information content (AvgIpc) is 3.12. The van der Waals surface area contributed by atoms with Crippen LogP contribution in [0.1, 0.15) is 0 Å². The molecule has 0 spiro atoms. The lowest BCUT2D eigenvalue weighted by molar-refractivity contribution is 0.417. The van der Waals surface area contributed by atoms with Crippen LogP contribution in [-0.4, -0.2) is 24.9 Å².